The summed E-state index contributed by atoms with van der Waals surface area (Å²) >= 11 is 5.87. The number of anilines is 1. The van der Waals surface area contributed by atoms with Gasteiger partial charge < -0.3 is 10.6 Å². The Morgan fingerprint density at radius 1 is 1.43 bits per heavy atom. The normalized spacial score (nSPS) is 10.9. The highest BCUT2D eigenvalue weighted by Gasteiger charge is 2.07. The van der Waals surface area contributed by atoms with Crippen LogP contribution in [0.5, 0.6) is 0 Å². The molecule has 0 bridgehead atoms. The molecule has 0 aliphatic heterocycles. The maximum Gasteiger partial charge on any atom is 0.246 e. The third-order valence-corrected chi connectivity index (χ3v) is 2.93. The van der Waals surface area contributed by atoms with Crippen LogP contribution >= 0.6 is 11.6 Å². The van der Waals surface area contributed by atoms with Gasteiger partial charge in [-0.05, 0) is 18.2 Å². The Bertz CT molecular complexity index is 611. The Kier molecular flexibility index (Phi) is 5.30. The molecule has 0 aliphatic carbocycles. The Balaban J connectivity index is 1.88. The van der Waals surface area contributed by atoms with Crippen LogP contribution in [0.3, 0.4) is 0 Å². The van der Waals surface area contributed by atoms with Crippen molar-refractivity contribution in [1.29, 1.82) is 0 Å². The summed E-state index contributed by atoms with van der Waals surface area (Å²) in [7, 11) is 0. The number of hydrogen-bond acceptors (Lipinski definition) is 4. The van der Waals surface area contributed by atoms with E-state index >= 15 is 0 Å². The Labute approximate surface area is 128 Å². The first-order chi connectivity index (χ1) is 10.0. The minimum Gasteiger partial charge on any atom is -0.324 e. The molecule has 21 heavy (non-hydrogen) atoms. The number of carbonyl (C=O) groups excluding carboxylic acids is 1. The number of benzene rings is 1. The second-order valence-corrected chi connectivity index (χ2v) is 5.44. The molecule has 0 spiro atoms. The quantitative estimate of drug-likeness (QED) is 0.857. The standard InChI is InChI=1S/C14H18ClN5O/c1-10(2)16-7-13-8-20(19-18-13)9-14(21)17-12-5-3-4-11(15)6-12/h3-6,8,10,16H,7,9H2,1-2H3,(H,17,21). The monoisotopic (exact) mass is 307 g/mol. The fraction of sp³-hybridized carbons (Fsp3) is 0.357. The van der Waals surface area contributed by atoms with Gasteiger partial charge in [0.15, 0.2) is 0 Å². The van der Waals surface area contributed by atoms with Crippen molar-refractivity contribution < 1.29 is 4.79 Å². The predicted molar refractivity (Wildman–Crippen MR) is 82.1 cm³/mol. The van der Waals surface area contributed by atoms with Crippen LogP contribution in [0.1, 0.15) is 19.5 Å². The van der Waals surface area contributed by atoms with E-state index in [0.717, 1.165) is 5.69 Å². The SMILES string of the molecule is CC(C)NCc1cn(CC(=O)Nc2cccc(Cl)c2)nn1. The van der Waals surface area contributed by atoms with E-state index in [-0.39, 0.29) is 12.5 Å². The molecular formula is C14H18ClN5O. The van der Waals surface area contributed by atoms with Crippen molar-refractivity contribution >= 4 is 23.2 Å². The van der Waals surface area contributed by atoms with Crippen molar-refractivity contribution in [3.63, 3.8) is 0 Å². The van der Waals surface area contributed by atoms with Crippen molar-refractivity contribution in [3.05, 3.63) is 41.2 Å². The van der Waals surface area contributed by atoms with Gasteiger partial charge in [0.2, 0.25) is 5.91 Å². The van der Waals surface area contributed by atoms with Crippen molar-refractivity contribution in [1.82, 2.24) is 20.3 Å². The number of nitrogens with one attached hydrogen (secondary N) is 2. The summed E-state index contributed by atoms with van der Waals surface area (Å²) in [5.41, 5.74) is 1.47. The van der Waals surface area contributed by atoms with Gasteiger partial charge in [-0.2, -0.15) is 0 Å². The summed E-state index contributed by atoms with van der Waals surface area (Å²) in [5, 5.41) is 14.5. The van der Waals surface area contributed by atoms with Crippen LogP contribution in [-0.2, 0) is 17.9 Å². The molecule has 7 heteroatoms. The number of hydrogen-bond donors (Lipinski definition) is 2. The first-order valence-electron chi connectivity index (χ1n) is 6.71. The predicted octanol–water partition coefficient (Wildman–Crippen LogP) is 2.07. The lowest BCUT2D eigenvalue weighted by molar-refractivity contribution is -0.116. The van der Waals surface area contributed by atoms with Gasteiger partial charge in [-0.25, -0.2) is 4.68 Å². The molecule has 1 heterocycles. The van der Waals surface area contributed by atoms with Crippen LogP contribution in [0.25, 0.3) is 0 Å². The van der Waals surface area contributed by atoms with Crippen LogP contribution in [0.2, 0.25) is 5.02 Å². The van der Waals surface area contributed by atoms with Crippen LogP contribution in [0.15, 0.2) is 30.5 Å². The zero-order chi connectivity index (χ0) is 15.2. The zero-order valence-electron chi connectivity index (χ0n) is 12.0. The molecule has 0 unspecified atom stereocenters. The molecular weight excluding hydrogens is 290 g/mol. The second-order valence-electron chi connectivity index (χ2n) is 5.00. The number of rotatable bonds is 6. The maximum absolute atomic E-state index is 11.9. The van der Waals surface area contributed by atoms with E-state index in [1.165, 1.54) is 4.68 Å². The first kappa shape index (κ1) is 15.5. The Morgan fingerprint density at radius 2 is 2.24 bits per heavy atom. The minimum absolute atomic E-state index is 0.112. The molecule has 112 valence electrons. The molecule has 1 aromatic heterocycles. The summed E-state index contributed by atoms with van der Waals surface area (Å²) in [4.78, 5) is 11.9. The van der Waals surface area contributed by atoms with Gasteiger partial charge in [-0.3, -0.25) is 4.79 Å². The lowest BCUT2D eigenvalue weighted by Gasteiger charge is -2.05. The largest absolute Gasteiger partial charge is 0.324 e. The van der Waals surface area contributed by atoms with E-state index in [0.29, 0.717) is 23.3 Å². The highest BCUT2D eigenvalue weighted by atomic mass is 35.5. The topological polar surface area (TPSA) is 71.8 Å². The third-order valence-electron chi connectivity index (χ3n) is 2.69. The van der Waals surface area contributed by atoms with Crippen LogP contribution < -0.4 is 10.6 Å². The van der Waals surface area contributed by atoms with Crippen molar-refractivity contribution in [3.8, 4) is 0 Å². The third kappa shape index (κ3) is 5.17. The molecule has 2 aromatic rings. The molecule has 0 fully saturated rings. The van der Waals surface area contributed by atoms with Gasteiger partial charge in [-0.15, -0.1) is 5.10 Å². The van der Waals surface area contributed by atoms with E-state index in [1.807, 2.05) is 0 Å². The van der Waals surface area contributed by atoms with Gasteiger partial charge in [-0.1, -0.05) is 36.7 Å². The van der Waals surface area contributed by atoms with E-state index in [4.69, 9.17) is 11.6 Å². The number of carbonyl (C=O) groups is 1. The van der Waals surface area contributed by atoms with Crippen molar-refractivity contribution in [2.75, 3.05) is 5.32 Å². The molecule has 2 rings (SSSR count). The number of halogens is 1. The molecule has 1 aromatic carbocycles. The fourth-order valence-corrected chi connectivity index (χ4v) is 1.91. The minimum atomic E-state index is -0.175. The molecule has 6 nitrogen and oxygen atoms in total. The molecule has 0 saturated carbocycles. The molecule has 0 aliphatic rings. The van der Waals surface area contributed by atoms with E-state index in [9.17, 15) is 4.79 Å². The van der Waals surface area contributed by atoms with Crippen LogP contribution in [-0.4, -0.2) is 26.9 Å². The summed E-state index contributed by atoms with van der Waals surface area (Å²) in [5.74, 6) is -0.175. The van der Waals surface area contributed by atoms with Crippen LogP contribution in [0.4, 0.5) is 5.69 Å². The zero-order valence-corrected chi connectivity index (χ0v) is 12.8. The molecule has 1 amide bonds. The van der Waals surface area contributed by atoms with Crippen LogP contribution in [0, 0.1) is 0 Å². The smallest absolute Gasteiger partial charge is 0.246 e. The maximum atomic E-state index is 11.9. The summed E-state index contributed by atoms with van der Waals surface area (Å²) < 4.78 is 1.51. The molecule has 0 radical (unpaired) electrons. The summed E-state index contributed by atoms with van der Waals surface area (Å²) in [6.45, 7) is 4.86. The number of aromatic nitrogens is 3. The average molecular weight is 308 g/mol. The highest BCUT2D eigenvalue weighted by molar-refractivity contribution is 6.30. The van der Waals surface area contributed by atoms with E-state index in [1.54, 1.807) is 30.5 Å². The van der Waals surface area contributed by atoms with Crippen molar-refractivity contribution in [2.24, 2.45) is 0 Å². The lowest BCUT2D eigenvalue weighted by Crippen LogP contribution is -2.22. The van der Waals surface area contributed by atoms with Gasteiger partial charge in [0.1, 0.15) is 6.54 Å². The van der Waals surface area contributed by atoms with Gasteiger partial charge in [0.25, 0.3) is 0 Å². The molecule has 0 saturated heterocycles. The number of nitrogens with zero attached hydrogens (tertiary/aromatic N) is 3. The van der Waals surface area contributed by atoms with Gasteiger partial charge in [0, 0.05) is 23.3 Å². The lowest BCUT2D eigenvalue weighted by atomic mass is 10.3. The highest BCUT2D eigenvalue weighted by Crippen LogP contribution is 2.14. The van der Waals surface area contributed by atoms with Gasteiger partial charge >= 0.3 is 0 Å². The van der Waals surface area contributed by atoms with Crippen molar-refractivity contribution in [2.45, 2.75) is 33.0 Å². The summed E-state index contributed by atoms with van der Waals surface area (Å²) in [6, 6.07) is 7.38. The van der Waals surface area contributed by atoms with Gasteiger partial charge in [0.05, 0.1) is 11.9 Å². The summed E-state index contributed by atoms with van der Waals surface area (Å²) in [6.07, 6.45) is 1.76. The fourth-order valence-electron chi connectivity index (χ4n) is 1.72. The first-order valence-corrected chi connectivity index (χ1v) is 7.08. The molecule has 2 N–H and O–H groups in total. The van der Waals surface area contributed by atoms with E-state index < -0.39 is 0 Å². The Morgan fingerprint density at radius 3 is 2.95 bits per heavy atom. The number of amides is 1. The average Bonchev–Trinajstić information content (AvgIpc) is 2.83. The molecule has 0 atom stereocenters. The Hall–Kier alpha value is -1.92. The second kappa shape index (κ2) is 7.19. The van der Waals surface area contributed by atoms with E-state index in [2.05, 4.69) is 34.8 Å².